The van der Waals surface area contributed by atoms with Crippen LogP contribution < -0.4 is 10.5 Å². The van der Waals surface area contributed by atoms with Gasteiger partial charge in [-0.3, -0.25) is 4.90 Å². The van der Waals surface area contributed by atoms with Crippen molar-refractivity contribution in [3.05, 3.63) is 29.8 Å². The molecule has 3 nitrogen and oxygen atoms in total. The van der Waals surface area contributed by atoms with Crippen LogP contribution in [0.3, 0.4) is 0 Å². The first kappa shape index (κ1) is 15.3. The summed E-state index contributed by atoms with van der Waals surface area (Å²) in [5, 5.41) is 0. The molecule has 1 aliphatic heterocycles. The number of hydrogen-bond acceptors (Lipinski definition) is 3. The van der Waals surface area contributed by atoms with E-state index < -0.39 is 0 Å². The average Bonchev–Trinajstić information content (AvgIpc) is 2.47. The summed E-state index contributed by atoms with van der Waals surface area (Å²) < 4.78 is 5.70. The molecule has 2 atom stereocenters. The van der Waals surface area contributed by atoms with Crippen molar-refractivity contribution < 1.29 is 4.74 Å². The van der Waals surface area contributed by atoms with E-state index in [1.807, 2.05) is 0 Å². The molecule has 1 fully saturated rings. The van der Waals surface area contributed by atoms with Gasteiger partial charge in [-0.15, -0.1) is 0 Å². The molecule has 0 radical (unpaired) electrons. The molecule has 1 aromatic rings. The Hall–Kier alpha value is -1.06. The third-order valence-electron chi connectivity index (χ3n) is 4.17. The molecular formula is C17H28N2O. The van der Waals surface area contributed by atoms with Crippen LogP contribution in [0.2, 0.25) is 0 Å². The van der Waals surface area contributed by atoms with E-state index >= 15 is 0 Å². The van der Waals surface area contributed by atoms with E-state index in [1.54, 1.807) is 0 Å². The van der Waals surface area contributed by atoms with Gasteiger partial charge < -0.3 is 10.5 Å². The molecule has 0 bridgehead atoms. The fraction of sp³-hybridized carbons (Fsp3) is 0.647. The summed E-state index contributed by atoms with van der Waals surface area (Å²) in [6, 6.07) is 8.99. The molecule has 1 heterocycles. The van der Waals surface area contributed by atoms with Crippen LogP contribution in [0.1, 0.15) is 45.2 Å². The zero-order valence-electron chi connectivity index (χ0n) is 13.0. The highest BCUT2D eigenvalue weighted by atomic mass is 16.5. The number of likely N-dealkylation sites (tertiary alicyclic amines) is 1. The van der Waals surface area contributed by atoms with Gasteiger partial charge in [0.1, 0.15) is 5.75 Å². The molecule has 112 valence electrons. The largest absolute Gasteiger partial charge is 0.491 e. The lowest BCUT2D eigenvalue weighted by Gasteiger charge is -2.36. The summed E-state index contributed by atoms with van der Waals surface area (Å²) in [5.41, 5.74) is 7.19. The van der Waals surface area contributed by atoms with Gasteiger partial charge in [0.15, 0.2) is 0 Å². The molecule has 0 aliphatic carbocycles. The molecule has 20 heavy (non-hydrogen) atoms. The molecule has 2 unspecified atom stereocenters. The Balaban J connectivity index is 1.99. The summed E-state index contributed by atoms with van der Waals surface area (Å²) in [6.45, 7) is 9.51. The van der Waals surface area contributed by atoms with Crippen molar-refractivity contribution in [2.45, 2.75) is 45.8 Å². The maximum Gasteiger partial charge on any atom is 0.119 e. The van der Waals surface area contributed by atoms with Crippen molar-refractivity contribution >= 4 is 0 Å². The van der Waals surface area contributed by atoms with Gasteiger partial charge in [0, 0.05) is 12.6 Å². The van der Waals surface area contributed by atoms with Crippen molar-refractivity contribution in [1.29, 1.82) is 0 Å². The second-order valence-electron chi connectivity index (χ2n) is 6.15. The Kier molecular flexibility index (Phi) is 5.44. The predicted octanol–water partition coefficient (Wildman–Crippen LogP) is 3.21. The molecule has 0 amide bonds. The molecule has 2 N–H and O–H groups in total. The molecule has 2 rings (SSSR count). The lowest BCUT2D eigenvalue weighted by Crippen LogP contribution is -2.39. The van der Waals surface area contributed by atoms with E-state index in [1.165, 1.54) is 24.9 Å². The SMILES string of the molecule is CC(C)Oc1ccc(C(C)N2CCCC(CN)C2)cc1. The van der Waals surface area contributed by atoms with Crippen molar-refractivity contribution in [3.8, 4) is 5.75 Å². The molecule has 1 saturated heterocycles. The number of benzene rings is 1. The standard InChI is InChI=1S/C17H28N2O/c1-13(2)20-17-8-6-16(7-9-17)14(3)19-10-4-5-15(11-18)12-19/h6-9,13-15H,4-5,10-12,18H2,1-3H3. The van der Waals surface area contributed by atoms with Crippen LogP contribution in [0, 0.1) is 5.92 Å². The second kappa shape index (κ2) is 7.09. The van der Waals surface area contributed by atoms with Gasteiger partial charge in [-0.05, 0) is 70.3 Å². The minimum atomic E-state index is 0.227. The summed E-state index contributed by atoms with van der Waals surface area (Å²) in [6.07, 6.45) is 2.77. The Labute approximate surface area is 123 Å². The van der Waals surface area contributed by atoms with Crippen LogP contribution in [0.5, 0.6) is 5.75 Å². The maximum absolute atomic E-state index is 5.83. The van der Waals surface area contributed by atoms with E-state index in [0.29, 0.717) is 12.0 Å². The predicted molar refractivity (Wildman–Crippen MR) is 84.0 cm³/mol. The number of rotatable bonds is 5. The Morgan fingerprint density at radius 1 is 1.25 bits per heavy atom. The van der Waals surface area contributed by atoms with Crippen molar-refractivity contribution in [3.63, 3.8) is 0 Å². The van der Waals surface area contributed by atoms with Crippen LogP contribution in [-0.4, -0.2) is 30.6 Å². The molecule has 0 spiro atoms. The van der Waals surface area contributed by atoms with E-state index in [-0.39, 0.29) is 6.10 Å². The summed E-state index contributed by atoms with van der Waals surface area (Å²) in [5.74, 6) is 1.61. The topological polar surface area (TPSA) is 38.5 Å². The van der Waals surface area contributed by atoms with Crippen molar-refractivity contribution in [2.75, 3.05) is 19.6 Å². The first-order valence-electron chi connectivity index (χ1n) is 7.81. The van der Waals surface area contributed by atoms with Gasteiger partial charge in [0.2, 0.25) is 0 Å². The average molecular weight is 276 g/mol. The Morgan fingerprint density at radius 3 is 2.55 bits per heavy atom. The van der Waals surface area contributed by atoms with Crippen LogP contribution in [0.15, 0.2) is 24.3 Å². The third kappa shape index (κ3) is 3.97. The molecule has 1 aliphatic rings. The second-order valence-corrected chi connectivity index (χ2v) is 6.15. The van der Waals surface area contributed by atoms with Gasteiger partial charge >= 0.3 is 0 Å². The fourth-order valence-electron chi connectivity index (χ4n) is 2.95. The minimum absolute atomic E-state index is 0.227. The quantitative estimate of drug-likeness (QED) is 0.897. The summed E-state index contributed by atoms with van der Waals surface area (Å²) >= 11 is 0. The number of hydrogen-bond donors (Lipinski definition) is 1. The Morgan fingerprint density at radius 2 is 1.95 bits per heavy atom. The van der Waals surface area contributed by atoms with Gasteiger partial charge in [-0.1, -0.05) is 12.1 Å². The normalized spacial score (nSPS) is 21.9. The summed E-state index contributed by atoms with van der Waals surface area (Å²) in [7, 11) is 0. The Bertz CT molecular complexity index is 402. The number of piperidine rings is 1. The van der Waals surface area contributed by atoms with Gasteiger partial charge in [-0.25, -0.2) is 0 Å². The lowest BCUT2D eigenvalue weighted by molar-refractivity contribution is 0.134. The minimum Gasteiger partial charge on any atom is -0.491 e. The van der Waals surface area contributed by atoms with Crippen molar-refractivity contribution in [1.82, 2.24) is 4.90 Å². The highest BCUT2D eigenvalue weighted by molar-refractivity contribution is 5.29. The van der Waals surface area contributed by atoms with Gasteiger partial charge in [-0.2, -0.15) is 0 Å². The van der Waals surface area contributed by atoms with Crippen LogP contribution in [-0.2, 0) is 0 Å². The fourth-order valence-corrected chi connectivity index (χ4v) is 2.95. The van der Waals surface area contributed by atoms with Gasteiger partial charge in [0.05, 0.1) is 6.10 Å². The van der Waals surface area contributed by atoms with E-state index in [9.17, 15) is 0 Å². The zero-order chi connectivity index (χ0) is 14.5. The van der Waals surface area contributed by atoms with Crippen molar-refractivity contribution in [2.24, 2.45) is 11.7 Å². The van der Waals surface area contributed by atoms with Gasteiger partial charge in [0.25, 0.3) is 0 Å². The monoisotopic (exact) mass is 276 g/mol. The highest BCUT2D eigenvalue weighted by Gasteiger charge is 2.23. The first-order valence-corrected chi connectivity index (χ1v) is 7.81. The number of ether oxygens (including phenoxy) is 1. The third-order valence-corrected chi connectivity index (χ3v) is 4.17. The first-order chi connectivity index (χ1) is 9.60. The van der Waals surface area contributed by atoms with Crippen LogP contribution in [0.4, 0.5) is 0 Å². The van der Waals surface area contributed by atoms with E-state index in [2.05, 4.69) is 49.9 Å². The summed E-state index contributed by atoms with van der Waals surface area (Å²) in [4.78, 5) is 2.55. The molecule has 3 heteroatoms. The smallest absolute Gasteiger partial charge is 0.119 e. The van der Waals surface area contributed by atoms with E-state index in [0.717, 1.165) is 18.8 Å². The number of nitrogens with zero attached hydrogens (tertiary/aromatic N) is 1. The van der Waals surface area contributed by atoms with Crippen LogP contribution >= 0.6 is 0 Å². The maximum atomic E-state index is 5.83. The molecule has 0 saturated carbocycles. The molecular weight excluding hydrogens is 248 g/mol. The molecule has 1 aromatic carbocycles. The number of nitrogens with two attached hydrogens (primary N) is 1. The van der Waals surface area contributed by atoms with E-state index in [4.69, 9.17) is 10.5 Å². The highest BCUT2D eigenvalue weighted by Crippen LogP contribution is 2.27. The lowest BCUT2D eigenvalue weighted by atomic mass is 9.95. The molecule has 0 aromatic heterocycles. The zero-order valence-corrected chi connectivity index (χ0v) is 13.0. The van der Waals surface area contributed by atoms with Crippen LogP contribution in [0.25, 0.3) is 0 Å².